The molecule has 26 heavy (non-hydrogen) atoms. The largest absolute Gasteiger partial charge is 0.378 e. The summed E-state index contributed by atoms with van der Waals surface area (Å²) < 4.78 is 18.7. The van der Waals surface area contributed by atoms with E-state index in [4.69, 9.17) is 4.74 Å². The van der Waals surface area contributed by atoms with Gasteiger partial charge in [0.2, 0.25) is 5.95 Å². The fraction of sp³-hybridized carbons (Fsp3) is 0.500. The van der Waals surface area contributed by atoms with Crippen molar-refractivity contribution in [1.29, 1.82) is 0 Å². The van der Waals surface area contributed by atoms with E-state index in [-0.39, 0.29) is 11.9 Å². The standard InChI is InChI=1S/C18H23FN6O/c19-15-9-14(10-20-11-15)12-24-4-2-16(13-24)22-18-21-3-1-17(23-18)25-5-7-26-8-6-25/h1,3,9-11,16H,2,4-8,12-13H2,(H,21,22,23). The molecule has 1 unspecified atom stereocenters. The molecule has 0 aromatic carbocycles. The number of nitrogens with zero attached hydrogens (tertiary/aromatic N) is 5. The average molecular weight is 358 g/mol. The number of pyridine rings is 1. The Labute approximate surface area is 152 Å². The van der Waals surface area contributed by atoms with Crippen LogP contribution in [-0.4, -0.2) is 65.3 Å². The van der Waals surface area contributed by atoms with Gasteiger partial charge >= 0.3 is 0 Å². The molecule has 0 radical (unpaired) electrons. The van der Waals surface area contributed by atoms with E-state index in [0.29, 0.717) is 12.5 Å². The van der Waals surface area contributed by atoms with Crippen LogP contribution in [0, 0.1) is 5.82 Å². The van der Waals surface area contributed by atoms with Crippen molar-refractivity contribution in [3.63, 3.8) is 0 Å². The first-order valence-electron chi connectivity index (χ1n) is 9.00. The summed E-state index contributed by atoms with van der Waals surface area (Å²) in [6, 6.07) is 3.77. The molecule has 2 fully saturated rings. The summed E-state index contributed by atoms with van der Waals surface area (Å²) in [7, 11) is 0. The van der Waals surface area contributed by atoms with Crippen LogP contribution in [0.1, 0.15) is 12.0 Å². The van der Waals surface area contributed by atoms with Crippen LogP contribution in [0.15, 0.2) is 30.7 Å². The van der Waals surface area contributed by atoms with Gasteiger partial charge in [-0.25, -0.2) is 9.37 Å². The molecule has 2 aliphatic heterocycles. The number of ether oxygens (including phenoxy) is 1. The Morgan fingerprint density at radius 2 is 2.12 bits per heavy atom. The van der Waals surface area contributed by atoms with Crippen LogP contribution in [-0.2, 0) is 11.3 Å². The molecule has 4 rings (SSSR count). The van der Waals surface area contributed by atoms with Crippen LogP contribution < -0.4 is 10.2 Å². The molecule has 0 amide bonds. The quantitative estimate of drug-likeness (QED) is 0.869. The molecule has 138 valence electrons. The van der Waals surface area contributed by atoms with Crippen LogP contribution in [0.3, 0.4) is 0 Å². The van der Waals surface area contributed by atoms with Crippen molar-refractivity contribution in [1.82, 2.24) is 19.9 Å². The molecule has 1 atom stereocenters. The Morgan fingerprint density at radius 1 is 1.23 bits per heavy atom. The van der Waals surface area contributed by atoms with Crippen LogP contribution in [0.4, 0.5) is 16.2 Å². The lowest BCUT2D eigenvalue weighted by Gasteiger charge is -2.28. The molecule has 1 N–H and O–H groups in total. The van der Waals surface area contributed by atoms with Gasteiger partial charge in [0.1, 0.15) is 11.6 Å². The topological polar surface area (TPSA) is 66.4 Å². The van der Waals surface area contributed by atoms with Crippen LogP contribution in [0.5, 0.6) is 0 Å². The van der Waals surface area contributed by atoms with E-state index in [1.165, 1.54) is 6.20 Å². The number of hydrogen-bond acceptors (Lipinski definition) is 7. The lowest BCUT2D eigenvalue weighted by molar-refractivity contribution is 0.122. The van der Waals surface area contributed by atoms with Crippen LogP contribution >= 0.6 is 0 Å². The van der Waals surface area contributed by atoms with Gasteiger partial charge in [0.05, 0.1) is 19.4 Å². The van der Waals surface area contributed by atoms with Gasteiger partial charge in [-0.2, -0.15) is 4.98 Å². The molecule has 0 spiro atoms. The van der Waals surface area contributed by atoms with E-state index in [1.54, 1.807) is 18.5 Å². The first-order chi connectivity index (χ1) is 12.8. The lowest BCUT2D eigenvalue weighted by atomic mass is 10.2. The van der Waals surface area contributed by atoms with Gasteiger partial charge in [-0.05, 0) is 24.1 Å². The molecule has 0 saturated carbocycles. The van der Waals surface area contributed by atoms with Crippen LogP contribution in [0.25, 0.3) is 0 Å². The van der Waals surface area contributed by atoms with Gasteiger partial charge in [-0.3, -0.25) is 9.88 Å². The van der Waals surface area contributed by atoms with E-state index < -0.39 is 0 Å². The number of rotatable bonds is 5. The predicted molar refractivity (Wildman–Crippen MR) is 96.6 cm³/mol. The summed E-state index contributed by atoms with van der Waals surface area (Å²) in [4.78, 5) is 17.4. The Kier molecular flexibility index (Phi) is 5.21. The molecule has 2 saturated heterocycles. The highest BCUT2D eigenvalue weighted by Gasteiger charge is 2.23. The van der Waals surface area contributed by atoms with E-state index in [1.807, 2.05) is 6.07 Å². The van der Waals surface area contributed by atoms with E-state index in [0.717, 1.165) is 57.2 Å². The van der Waals surface area contributed by atoms with E-state index >= 15 is 0 Å². The number of nitrogens with one attached hydrogen (secondary N) is 1. The minimum atomic E-state index is -0.287. The van der Waals surface area contributed by atoms with Crippen molar-refractivity contribution in [2.45, 2.75) is 19.0 Å². The monoisotopic (exact) mass is 358 g/mol. The number of morpholine rings is 1. The third kappa shape index (κ3) is 4.25. The van der Waals surface area contributed by atoms with Crippen molar-refractivity contribution < 1.29 is 9.13 Å². The van der Waals surface area contributed by atoms with Crippen molar-refractivity contribution in [3.8, 4) is 0 Å². The fourth-order valence-electron chi connectivity index (χ4n) is 3.46. The minimum Gasteiger partial charge on any atom is -0.378 e. The number of hydrogen-bond donors (Lipinski definition) is 1. The molecule has 2 aromatic rings. The van der Waals surface area contributed by atoms with Crippen molar-refractivity contribution in [2.75, 3.05) is 49.6 Å². The van der Waals surface area contributed by atoms with Crippen molar-refractivity contribution in [2.24, 2.45) is 0 Å². The maximum atomic E-state index is 13.3. The van der Waals surface area contributed by atoms with Gasteiger partial charge in [0.25, 0.3) is 0 Å². The molecule has 2 aromatic heterocycles. The second-order valence-electron chi connectivity index (χ2n) is 6.71. The number of likely N-dealkylation sites (tertiary alicyclic amines) is 1. The van der Waals surface area contributed by atoms with Gasteiger partial charge < -0.3 is 15.0 Å². The summed E-state index contributed by atoms with van der Waals surface area (Å²) in [5.41, 5.74) is 0.899. The van der Waals surface area contributed by atoms with E-state index in [2.05, 4.69) is 30.1 Å². The minimum absolute atomic E-state index is 0.287. The van der Waals surface area contributed by atoms with Crippen molar-refractivity contribution >= 4 is 11.8 Å². The molecule has 2 aliphatic rings. The highest BCUT2D eigenvalue weighted by atomic mass is 19.1. The molecule has 0 bridgehead atoms. The molecular weight excluding hydrogens is 335 g/mol. The summed E-state index contributed by atoms with van der Waals surface area (Å²) in [5.74, 6) is 1.31. The lowest BCUT2D eigenvalue weighted by Crippen LogP contribution is -2.37. The zero-order chi connectivity index (χ0) is 17.8. The second kappa shape index (κ2) is 7.92. The molecular formula is C18H23FN6O. The third-order valence-electron chi connectivity index (χ3n) is 4.75. The fourth-order valence-corrected chi connectivity index (χ4v) is 3.46. The zero-order valence-electron chi connectivity index (χ0n) is 14.6. The Balaban J connectivity index is 1.33. The van der Waals surface area contributed by atoms with Gasteiger partial charge in [-0.15, -0.1) is 0 Å². The second-order valence-corrected chi connectivity index (χ2v) is 6.71. The first-order valence-corrected chi connectivity index (χ1v) is 9.00. The number of halogens is 1. The normalized spacial score (nSPS) is 21.1. The third-order valence-corrected chi connectivity index (χ3v) is 4.75. The molecule has 4 heterocycles. The van der Waals surface area contributed by atoms with Gasteiger partial charge in [0, 0.05) is 51.2 Å². The van der Waals surface area contributed by atoms with Crippen LogP contribution in [0.2, 0.25) is 0 Å². The zero-order valence-corrected chi connectivity index (χ0v) is 14.6. The Hall–Kier alpha value is -2.32. The maximum Gasteiger partial charge on any atom is 0.224 e. The predicted octanol–water partition coefficient (Wildman–Crippen LogP) is 1.53. The summed E-state index contributed by atoms with van der Waals surface area (Å²) in [5, 5.41) is 3.44. The summed E-state index contributed by atoms with van der Waals surface area (Å²) in [6.45, 7) is 5.72. The molecule has 7 nitrogen and oxygen atoms in total. The van der Waals surface area contributed by atoms with Gasteiger partial charge in [0.15, 0.2) is 0 Å². The van der Waals surface area contributed by atoms with Gasteiger partial charge in [-0.1, -0.05) is 0 Å². The summed E-state index contributed by atoms with van der Waals surface area (Å²) in [6.07, 6.45) is 5.76. The summed E-state index contributed by atoms with van der Waals surface area (Å²) >= 11 is 0. The molecule has 0 aliphatic carbocycles. The Morgan fingerprint density at radius 3 is 2.96 bits per heavy atom. The highest BCUT2D eigenvalue weighted by molar-refractivity contribution is 5.43. The smallest absolute Gasteiger partial charge is 0.224 e. The van der Waals surface area contributed by atoms with Crippen molar-refractivity contribution in [3.05, 3.63) is 42.1 Å². The number of anilines is 2. The molecule has 8 heteroatoms. The Bertz CT molecular complexity index is 739. The SMILES string of the molecule is Fc1cncc(CN2CCC(Nc3nccc(N4CCOCC4)n3)C2)c1. The number of aromatic nitrogens is 3. The average Bonchev–Trinajstić information content (AvgIpc) is 3.09. The highest BCUT2D eigenvalue weighted by Crippen LogP contribution is 2.18. The maximum absolute atomic E-state index is 13.3. The first kappa shape index (κ1) is 17.1. The van der Waals surface area contributed by atoms with E-state index in [9.17, 15) is 4.39 Å².